The summed E-state index contributed by atoms with van der Waals surface area (Å²) in [6.45, 7) is 7.36. The number of hydrogen-bond donors (Lipinski definition) is 0. The first kappa shape index (κ1) is 34.5. The minimum Gasteiger partial charge on any atom is -0.455 e. The maximum absolute atomic E-state index is 7.18. The zero-order valence-corrected chi connectivity index (χ0v) is 35.2. The van der Waals surface area contributed by atoms with Crippen LogP contribution in [0.3, 0.4) is 0 Å². The highest BCUT2D eigenvalue weighted by Gasteiger charge is 2.67. The zero-order valence-electron chi connectivity index (χ0n) is 34.2. The summed E-state index contributed by atoms with van der Waals surface area (Å²) < 4.78 is 15.1. The zero-order chi connectivity index (χ0) is 40.6. The Labute approximate surface area is 354 Å². The van der Waals surface area contributed by atoms with Gasteiger partial charge in [0.05, 0.1) is 24.8 Å². The van der Waals surface area contributed by atoms with Crippen LogP contribution in [0.25, 0.3) is 94.3 Å². The lowest BCUT2D eigenvalue weighted by molar-refractivity contribution is -0.944. The molecule has 0 aliphatic carbocycles. The maximum Gasteiger partial charge on any atom is 0.364 e. The van der Waals surface area contributed by atoms with Gasteiger partial charge in [0.2, 0.25) is 5.69 Å². The summed E-state index contributed by atoms with van der Waals surface area (Å²) in [6.07, 6.45) is 2.50. The molecule has 288 valence electrons. The van der Waals surface area contributed by atoms with Crippen molar-refractivity contribution in [3.8, 4) is 50.6 Å². The molecule has 0 bridgehead atoms. The summed E-state index contributed by atoms with van der Waals surface area (Å²) in [6, 6.07) is 69.3. The number of nitrogens with zero attached hydrogens (tertiary/aromatic N) is 3. The Morgan fingerprint density at radius 1 is 0.525 bits per heavy atom. The van der Waals surface area contributed by atoms with Gasteiger partial charge < -0.3 is 4.42 Å². The van der Waals surface area contributed by atoms with Crippen LogP contribution in [0.15, 0.2) is 199 Å². The van der Waals surface area contributed by atoms with Crippen LogP contribution in [0.4, 0.5) is 0 Å². The second kappa shape index (κ2) is 12.4. The van der Waals surface area contributed by atoms with Gasteiger partial charge in [-0.2, -0.15) is 4.57 Å². The number of aromatic nitrogens is 3. The first-order valence-corrected chi connectivity index (χ1v) is 24.8. The predicted octanol–water partition coefficient (Wildman–Crippen LogP) is 12.4. The maximum atomic E-state index is 7.18. The average Bonchev–Trinajstić information content (AvgIpc) is 4.02. The van der Waals surface area contributed by atoms with Gasteiger partial charge in [-0.15, -0.1) is 9.13 Å². The lowest BCUT2D eigenvalue weighted by Crippen LogP contribution is -2.72. The van der Waals surface area contributed by atoms with Gasteiger partial charge in [0.25, 0.3) is 0 Å². The van der Waals surface area contributed by atoms with Gasteiger partial charge in [0.1, 0.15) is 16.8 Å². The van der Waals surface area contributed by atoms with Crippen molar-refractivity contribution in [1.29, 1.82) is 0 Å². The first-order valence-electron chi connectivity index (χ1n) is 21.3. The number of hydrogen-bond acceptors (Lipinski definition) is 1. The molecule has 0 radical (unpaired) electrons. The fraction of sp³-hybridized carbons (Fsp3) is 0.0714. The molecule has 1 spiro atoms. The van der Waals surface area contributed by atoms with Crippen LogP contribution < -0.4 is 14.3 Å². The lowest BCUT2D eigenvalue weighted by Gasteiger charge is -2.22. The summed E-state index contributed by atoms with van der Waals surface area (Å²) >= 11 is 0. The molecule has 13 rings (SSSR count). The SMILES string of the molecule is C[Si](C)(C)c1ccc2[n+](c1)C1(c3ccccc3-2)c2ccc3c(oc4ccccc43)c2-c2n(-c3c(-c4ccccc4)cccc3-c3ccccc3)c3ccc4ccccc4c3[n+]21. The molecular formula is C56H41N3OSi+2. The number of fused-ring (bicyclic) bond motifs is 18. The van der Waals surface area contributed by atoms with Crippen LogP contribution >= 0.6 is 0 Å². The Morgan fingerprint density at radius 2 is 1.18 bits per heavy atom. The second-order valence-corrected chi connectivity index (χ2v) is 22.8. The normalized spacial score (nSPS) is 15.2. The summed E-state index contributed by atoms with van der Waals surface area (Å²) in [7, 11) is -1.78. The molecule has 0 N–H and O–H groups in total. The molecular weight excluding hydrogens is 759 g/mol. The average molecular weight is 800 g/mol. The molecule has 4 nitrogen and oxygen atoms in total. The van der Waals surface area contributed by atoms with Crippen LogP contribution in [0.1, 0.15) is 11.1 Å². The van der Waals surface area contributed by atoms with E-state index in [1.165, 1.54) is 43.9 Å². The standard InChI is InChI=1S/C56H41N3OSi/c1-61(2,3)39-30-34-48-45-24-12-14-27-46(45)56(57(48)35-39)47-32-31-44-43-23-13-15-28-50(43)60-54(44)51(47)55-58(49-33-29-38-21-10-11-22-42(38)53(49)59(55)56)52-40(36-17-6-4-7-18-36)25-16-26-41(52)37-19-8-5-9-20-37/h4-35H,1-3H3/q+2. The van der Waals surface area contributed by atoms with Crippen molar-refractivity contribution in [2.75, 3.05) is 0 Å². The second-order valence-electron chi connectivity index (χ2n) is 17.7. The Morgan fingerprint density at radius 3 is 1.93 bits per heavy atom. The third kappa shape index (κ3) is 4.53. The molecule has 11 aromatic rings. The minimum absolute atomic E-state index is 0.790. The van der Waals surface area contributed by atoms with Crippen molar-refractivity contribution in [3.63, 3.8) is 0 Å². The van der Waals surface area contributed by atoms with E-state index in [-0.39, 0.29) is 0 Å². The number of imidazole rings is 1. The van der Waals surface area contributed by atoms with Gasteiger partial charge >= 0.3 is 11.5 Å². The summed E-state index contributed by atoms with van der Waals surface area (Å²) in [4.78, 5) is 0. The monoisotopic (exact) mass is 799 g/mol. The summed E-state index contributed by atoms with van der Waals surface area (Å²) in [5, 5.41) is 6.06. The smallest absolute Gasteiger partial charge is 0.364 e. The van der Waals surface area contributed by atoms with Crippen LogP contribution in [-0.4, -0.2) is 12.6 Å². The van der Waals surface area contributed by atoms with Gasteiger partial charge in [-0.1, -0.05) is 153 Å². The molecule has 0 fully saturated rings. The molecule has 61 heavy (non-hydrogen) atoms. The molecule has 2 aliphatic heterocycles. The van der Waals surface area contributed by atoms with Crippen LogP contribution in [0.2, 0.25) is 19.6 Å². The van der Waals surface area contributed by atoms with Crippen LogP contribution in [-0.2, 0) is 5.66 Å². The Hall–Kier alpha value is -7.34. The fourth-order valence-electron chi connectivity index (χ4n) is 10.7. The molecule has 3 aromatic heterocycles. The van der Waals surface area contributed by atoms with E-state index in [0.717, 1.165) is 66.8 Å². The molecule has 0 saturated carbocycles. The van der Waals surface area contributed by atoms with E-state index in [0.29, 0.717) is 0 Å². The van der Waals surface area contributed by atoms with Crippen LogP contribution in [0, 0.1) is 0 Å². The van der Waals surface area contributed by atoms with Crippen molar-refractivity contribution in [2.24, 2.45) is 0 Å². The highest BCUT2D eigenvalue weighted by molar-refractivity contribution is 6.88. The van der Waals surface area contributed by atoms with E-state index in [1.807, 2.05) is 0 Å². The lowest BCUT2D eigenvalue weighted by atomic mass is 9.88. The van der Waals surface area contributed by atoms with Gasteiger partial charge in [-0.25, -0.2) is 0 Å². The predicted molar refractivity (Wildman–Crippen MR) is 251 cm³/mol. The van der Waals surface area contributed by atoms with E-state index in [1.54, 1.807) is 0 Å². The van der Waals surface area contributed by atoms with Gasteiger partial charge in [0.15, 0.2) is 22.8 Å². The van der Waals surface area contributed by atoms with Crippen molar-refractivity contribution in [1.82, 2.24) is 4.57 Å². The van der Waals surface area contributed by atoms with E-state index in [2.05, 4.69) is 228 Å². The van der Waals surface area contributed by atoms with Crippen molar-refractivity contribution in [3.05, 3.63) is 205 Å². The van der Waals surface area contributed by atoms with E-state index < -0.39 is 13.7 Å². The molecule has 8 aromatic carbocycles. The molecule has 1 unspecified atom stereocenters. The number of rotatable bonds is 4. The minimum atomic E-state index is -1.78. The third-order valence-electron chi connectivity index (χ3n) is 13.4. The molecule has 2 aliphatic rings. The number of furan rings is 1. The first-order chi connectivity index (χ1) is 29.9. The van der Waals surface area contributed by atoms with Crippen LogP contribution in [0.5, 0.6) is 0 Å². The number of benzene rings is 8. The quantitative estimate of drug-likeness (QED) is 0.129. The Bertz CT molecular complexity index is 3580. The topological polar surface area (TPSA) is 25.8 Å². The van der Waals surface area contributed by atoms with E-state index in [9.17, 15) is 0 Å². The number of pyridine rings is 1. The summed E-state index contributed by atoms with van der Waals surface area (Å²) in [5.74, 6) is 1.10. The molecule has 5 heterocycles. The van der Waals surface area contributed by atoms with Gasteiger partial charge in [-0.05, 0) is 65.0 Å². The van der Waals surface area contributed by atoms with Crippen molar-refractivity contribution >= 4 is 57.0 Å². The fourth-order valence-corrected chi connectivity index (χ4v) is 11.8. The third-order valence-corrected chi connectivity index (χ3v) is 15.4. The van der Waals surface area contributed by atoms with E-state index >= 15 is 0 Å². The summed E-state index contributed by atoms with van der Waals surface area (Å²) in [5.41, 5.74) is 15.2. The molecule has 1 atom stereocenters. The molecule has 0 saturated heterocycles. The molecule has 0 amide bonds. The number of para-hydroxylation sites is 2. The van der Waals surface area contributed by atoms with Crippen molar-refractivity contribution in [2.45, 2.75) is 25.3 Å². The Balaban J connectivity index is 1.33. The highest BCUT2D eigenvalue weighted by Crippen LogP contribution is 2.54. The van der Waals surface area contributed by atoms with Gasteiger partial charge in [0, 0.05) is 38.5 Å². The van der Waals surface area contributed by atoms with Crippen molar-refractivity contribution < 1.29 is 13.6 Å². The largest absolute Gasteiger partial charge is 0.455 e. The highest BCUT2D eigenvalue weighted by atomic mass is 28.3. The van der Waals surface area contributed by atoms with E-state index in [4.69, 9.17) is 4.42 Å². The van der Waals surface area contributed by atoms with Gasteiger partial charge in [-0.3, -0.25) is 0 Å². The molecule has 5 heteroatoms. The Kier molecular flexibility index (Phi) is 6.99.